The number of thiazole rings is 1. The van der Waals surface area contributed by atoms with Gasteiger partial charge in [-0.2, -0.15) is 0 Å². The van der Waals surface area contributed by atoms with Crippen molar-refractivity contribution in [2.24, 2.45) is 0 Å². The van der Waals surface area contributed by atoms with E-state index in [-0.39, 0.29) is 16.7 Å². The number of nitrogens with one attached hydrogen (secondary N) is 2. The molecule has 0 spiro atoms. The molecule has 33 heavy (non-hydrogen) atoms. The molecule has 3 N–H and O–H groups in total. The number of amides is 1. The molecule has 8 heteroatoms. The van der Waals surface area contributed by atoms with E-state index >= 15 is 0 Å². The number of aromatic amines is 1. The summed E-state index contributed by atoms with van der Waals surface area (Å²) in [4.78, 5) is 26.5. The second-order valence-corrected chi connectivity index (χ2v) is 9.46. The fourth-order valence-electron chi connectivity index (χ4n) is 3.49. The molecule has 4 aromatic rings. The van der Waals surface area contributed by atoms with Crippen molar-refractivity contribution in [3.05, 3.63) is 108 Å². The second-order valence-electron chi connectivity index (χ2n) is 7.52. The lowest BCUT2D eigenvalue weighted by Crippen LogP contribution is -2.25. The van der Waals surface area contributed by atoms with Gasteiger partial charge in [0, 0.05) is 28.6 Å². The summed E-state index contributed by atoms with van der Waals surface area (Å²) in [6.07, 6.45) is 1.17. The Morgan fingerprint density at radius 3 is 2.33 bits per heavy atom. The van der Waals surface area contributed by atoms with Crippen molar-refractivity contribution in [1.82, 2.24) is 10.3 Å². The molecular formula is C25H20Cl2N2O3S. The van der Waals surface area contributed by atoms with Gasteiger partial charge < -0.3 is 10.4 Å². The maximum absolute atomic E-state index is 12.4. The number of hydrogen-bond acceptors (Lipinski definition) is 4. The first-order chi connectivity index (χ1) is 15.9. The van der Waals surface area contributed by atoms with E-state index in [4.69, 9.17) is 23.2 Å². The van der Waals surface area contributed by atoms with Crippen molar-refractivity contribution in [2.75, 3.05) is 6.54 Å². The Morgan fingerprint density at radius 1 is 0.939 bits per heavy atom. The number of benzene rings is 3. The van der Waals surface area contributed by atoms with Gasteiger partial charge in [0.1, 0.15) is 0 Å². The minimum absolute atomic E-state index is 0.0627. The van der Waals surface area contributed by atoms with E-state index in [1.54, 1.807) is 18.2 Å². The van der Waals surface area contributed by atoms with Crippen LogP contribution in [0.25, 0.3) is 11.1 Å². The van der Waals surface area contributed by atoms with Gasteiger partial charge in [-0.05, 0) is 46.9 Å². The quantitative estimate of drug-likeness (QED) is 0.306. The van der Waals surface area contributed by atoms with Crippen molar-refractivity contribution >= 4 is 40.4 Å². The van der Waals surface area contributed by atoms with Crippen LogP contribution >= 0.6 is 34.5 Å². The van der Waals surface area contributed by atoms with Crippen LogP contribution < -0.4 is 10.2 Å². The monoisotopic (exact) mass is 498 g/mol. The zero-order valence-corrected chi connectivity index (χ0v) is 19.7. The van der Waals surface area contributed by atoms with Crippen LogP contribution in [-0.2, 0) is 12.8 Å². The zero-order valence-electron chi connectivity index (χ0n) is 17.4. The van der Waals surface area contributed by atoms with Gasteiger partial charge in [-0.3, -0.25) is 14.6 Å². The molecule has 0 unspecified atom stereocenters. The highest BCUT2D eigenvalue weighted by molar-refractivity contribution is 7.09. The van der Waals surface area contributed by atoms with E-state index in [2.05, 4.69) is 16.4 Å². The maximum atomic E-state index is 12.4. The minimum Gasteiger partial charge on any atom is -0.494 e. The van der Waals surface area contributed by atoms with Crippen LogP contribution in [0.3, 0.4) is 0 Å². The van der Waals surface area contributed by atoms with Gasteiger partial charge >= 0.3 is 4.87 Å². The van der Waals surface area contributed by atoms with E-state index in [1.807, 2.05) is 42.5 Å². The third-order valence-corrected chi connectivity index (χ3v) is 6.41. The van der Waals surface area contributed by atoms with Crippen molar-refractivity contribution in [1.29, 1.82) is 0 Å². The van der Waals surface area contributed by atoms with Gasteiger partial charge in [0.25, 0.3) is 5.91 Å². The molecule has 4 rings (SSSR count). The number of aromatic nitrogens is 1. The Labute approximate surface area is 204 Å². The van der Waals surface area contributed by atoms with Gasteiger partial charge in [0.2, 0.25) is 5.88 Å². The van der Waals surface area contributed by atoms with E-state index in [0.717, 1.165) is 33.6 Å². The molecule has 0 saturated carbocycles. The molecule has 5 nitrogen and oxygen atoms in total. The largest absolute Gasteiger partial charge is 0.494 e. The molecule has 1 amide bonds. The number of rotatable bonds is 7. The predicted molar refractivity (Wildman–Crippen MR) is 134 cm³/mol. The third-order valence-electron chi connectivity index (χ3n) is 5.10. The molecule has 0 bridgehead atoms. The van der Waals surface area contributed by atoms with Crippen molar-refractivity contribution in [3.8, 4) is 17.0 Å². The number of hydrogen-bond donors (Lipinski definition) is 3. The molecule has 0 aliphatic carbocycles. The molecule has 0 aliphatic heterocycles. The lowest BCUT2D eigenvalue weighted by molar-refractivity contribution is 0.0954. The summed E-state index contributed by atoms with van der Waals surface area (Å²) in [5.74, 6) is -0.281. The smallest absolute Gasteiger partial charge is 0.307 e. The summed E-state index contributed by atoms with van der Waals surface area (Å²) in [6.45, 7) is 0.481. The molecular weight excluding hydrogens is 479 g/mol. The lowest BCUT2D eigenvalue weighted by Gasteiger charge is -2.09. The molecule has 1 heterocycles. The summed E-state index contributed by atoms with van der Waals surface area (Å²) in [5.41, 5.74) is 4.67. The van der Waals surface area contributed by atoms with Crippen molar-refractivity contribution in [2.45, 2.75) is 12.8 Å². The van der Waals surface area contributed by atoms with E-state index < -0.39 is 0 Å². The van der Waals surface area contributed by atoms with Gasteiger partial charge in [-0.1, -0.05) is 83.1 Å². The highest BCUT2D eigenvalue weighted by atomic mass is 35.5. The second kappa shape index (κ2) is 10.3. The average molecular weight is 499 g/mol. The highest BCUT2D eigenvalue weighted by Gasteiger charge is 2.09. The molecule has 3 aromatic carbocycles. The first-order valence-electron chi connectivity index (χ1n) is 10.2. The third kappa shape index (κ3) is 6.05. The molecule has 0 aliphatic rings. The molecule has 0 atom stereocenters. The number of halogens is 2. The number of H-pyrrole nitrogens is 1. The Balaban J connectivity index is 1.37. The predicted octanol–water partition coefficient (Wildman–Crippen LogP) is 5.68. The van der Waals surface area contributed by atoms with Gasteiger partial charge in [0.05, 0.1) is 4.88 Å². The van der Waals surface area contributed by atoms with E-state index in [1.165, 1.54) is 0 Å². The van der Waals surface area contributed by atoms with Crippen LogP contribution in [0.5, 0.6) is 5.88 Å². The van der Waals surface area contributed by atoms with Crippen LogP contribution in [-0.4, -0.2) is 22.5 Å². The SMILES string of the molecule is O=C(NCCc1cccc(-c2ccc(Cc3sc(=O)[nH]c3O)cc2)c1)c1cc(Cl)cc(Cl)c1. The molecule has 0 saturated heterocycles. The standard InChI is InChI=1S/C25H20Cl2N2O3S/c26-20-12-19(13-21(27)14-20)23(30)28-9-8-15-2-1-3-18(10-15)17-6-4-16(5-7-17)11-22-24(31)29-25(32)33-22/h1-7,10,12-14,31H,8-9,11H2,(H,28,30)(H,29,32). The summed E-state index contributed by atoms with van der Waals surface area (Å²) in [5, 5.41) is 13.5. The van der Waals surface area contributed by atoms with Crippen LogP contribution in [0.2, 0.25) is 10.0 Å². The first-order valence-corrected chi connectivity index (χ1v) is 11.8. The average Bonchev–Trinajstić information content (AvgIpc) is 3.10. The molecule has 1 aromatic heterocycles. The van der Waals surface area contributed by atoms with Crippen molar-refractivity contribution < 1.29 is 9.90 Å². The van der Waals surface area contributed by atoms with Crippen LogP contribution in [0.15, 0.2) is 71.5 Å². The number of aromatic hydroxyl groups is 1. The van der Waals surface area contributed by atoms with E-state index in [9.17, 15) is 14.7 Å². The number of carbonyl (C=O) groups excluding carboxylic acids is 1. The Morgan fingerprint density at radius 2 is 1.67 bits per heavy atom. The zero-order chi connectivity index (χ0) is 23.4. The first kappa shape index (κ1) is 23.1. The Kier molecular flexibility index (Phi) is 7.18. The summed E-state index contributed by atoms with van der Waals surface area (Å²) >= 11 is 13.0. The van der Waals surface area contributed by atoms with Gasteiger partial charge in [-0.25, -0.2) is 0 Å². The Bertz CT molecular complexity index is 1330. The van der Waals surface area contributed by atoms with Gasteiger partial charge in [-0.15, -0.1) is 0 Å². The Hall–Kier alpha value is -3.06. The van der Waals surface area contributed by atoms with Gasteiger partial charge in [0.15, 0.2) is 0 Å². The topological polar surface area (TPSA) is 82.2 Å². The molecule has 168 valence electrons. The fraction of sp³-hybridized carbons (Fsp3) is 0.120. The van der Waals surface area contributed by atoms with Crippen LogP contribution in [0.1, 0.15) is 26.4 Å². The van der Waals surface area contributed by atoms with Crippen molar-refractivity contribution in [3.63, 3.8) is 0 Å². The molecule has 0 fully saturated rings. The summed E-state index contributed by atoms with van der Waals surface area (Å²) in [7, 11) is 0. The summed E-state index contributed by atoms with van der Waals surface area (Å²) in [6, 6.07) is 20.9. The lowest BCUT2D eigenvalue weighted by atomic mass is 10.00. The number of carbonyl (C=O) groups is 1. The summed E-state index contributed by atoms with van der Waals surface area (Å²) < 4.78 is 0. The highest BCUT2D eigenvalue weighted by Crippen LogP contribution is 2.24. The van der Waals surface area contributed by atoms with Crippen LogP contribution in [0, 0.1) is 0 Å². The normalized spacial score (nSPS) is 10.8. The minimum atomic E-state index is -0.261. The van der Waals surface area contributed by atoms with Crippen LogP contribution in [0.4, 0.5) is 0 Å². The maximum Gasteiger partial charge on any atom is 0.307 e. The molecule has 0 radical (unpaired) electrons. The van der Waals surface area contributed by atoms with E-state index in [0.29, 0.717) is 39.9 Å². The fourth-order valence-corrected chi connectivity index (χ4v) is 4.77.